The summed E-state index contributed by atoms with van der Waals surface area (Å²) in [5, 5.41) is 5.68. The van der Waals surface area contributed by atoms with Crippen molar-refractivity contribution in [3.05, 3.63) is 59.2 Å². The average Bonchev–Trinajstić information content (AvgIpc) is 2.69. The monoisotopic (exact) mass is 396 g/mol. The molecule has 2 amide bonds. The van der Waals surface area contributed by atoms with Crippen molar-refractivity contribution in [2.24, 2.45) is 5.92 Å². The summed E-state index contributed by atoms with van der Waals surface area (Å²) in [6.45, 7) is 0.188. The fraction of sp³-hybridized carbons (Fsp3) is 0.318. The Morgan fingerprint density at radius 2 is 1.83 bits per heavy atom. The van der Waals surface area contributed by atoms with E-state index in [2.05, 4.69) is 10.6 Å². The molecule has 152 valence electrons. The molecule has 0 radical (unpaired) electrons. The van der Waals surface area contributed by atoms with E-state index >= 15 is 0 Å². The summed E-state index contributed by atoms with van der Waals surface area (Å²) in [7, 11) is 2.83. The van der Waals surface area contributed by atoms with Crippen LogP contribution in [0.4, 0.5) is 5.69 Å². The van der Waals surface area contributed by atoms with Crippen molar-refractivity contribution in [3.63, 3.8) is 0 Å². The Morgan fingerprint density at radius 1 is 1.03 bits per heavy atom. The van der Waals surface area contributed by atoms with Crippen LogP contribution in [-0.2, 0) is 16.1 Å². The average molecular weight is 396 g/mol. The number of anilines is 1. The molecule has 2 N–H and O–H groups in total. The highest BCUT2D eigenvalue weighted by atomic mass is 16.5. The van der Waals surface area contributed by atoms with E-state index in [1.54, 1.807) is 42.5 Å². The molecule has 1 saturated carbocycles. The maximum Gasteiger partial charge on any atom is 0.337 e. The summed E-state index contributed by atoms with van der Waals surface area (Å²) in [5.41, 5.74) is 1.96. The van der Waals surface area contributed by atoms with E-state index in [4.69, 9.17) is 9.47 Å². The summed E-state index contributed by atoms with van der Waals surface area (Å²) in [4.78, 5) is 36.7. The van der Waals surface area contributed by atoms with Gasteiger partial charge in [-0.25, -0.2) is 4.79 Å². The third-order valence-electron chi connectivity index (χ3n) is 4.94. The van der Waals surface area contributed by atoms with Crippen LogP contribution in [0.25, 0.3) is 0 Å². The molecule has 7 heteroatoms. The second kappa shape index (κ2) is 9.23. The number of esters is 1. The minimum Gasteiger partial charge on any atom is -0.497 e. The zero-order chi connectivity index (χ0) is 20.8. The van der Waals surface area contributed by atoms with Gasteiger partial charge in [-0.2, -0.15) is 0 Å². The molecular weight excluding hydrogens is 372 g/mol. The number of carbonyl (C=O) groups is 3. The Labute approximate surface area is 169 Å². The third-order valence-corrected chi connectivity index (χ3v) is 4.94. The van der Waals surface area contributed by atoms with Gasteiger partial charge in [0.2, 0.25) is 5.91 Å². The van der Waals surface area contributed by atoms with Gasteiger partial charge in [-0.3, -0.25) is 9.59 Å². The van der Waals surface area contributed by atoms with Gasteiger partial charge in [0.15, 0.2) is 0 Å². The van der Waals surface area contributed by atoms with Crippen LogP contribution < -0.4 is 15.4 Å². The predicted octanol–water partition coefficient (Wildman–Crippen LogP) is 3.15. The van der Waals surface area contributed by atoms with Crippen LogP contribution in [0.5, 0.6) is 5.75 Å². The highest BCUT2D eigenvalue weighted by Crippen LogP contribution is 2.28. The minimum absolute atomic E-state index is 0.0213. The molecule has 0 atom stereocenters. The summed E-state index contributed by atoms with van der Waals surface area (Å²) in [5.74, 6) is -0.221. The van der Waals surface area contributed by atoms with Crippen molar-refractivity contribution in [3.8, 4) is 5.75 Å². The lowest BCUT2D eigenvalue weighted by atomic mass is 9.85. The van der Waals surface area contributed by atoms with E-state index in [-0.39, 0.29) is 24.3 Å². The maximum absolute atomic E-state index is 12.4. The molecule has 7 nitrogen and oxygen atoms in total. The van der Waals surface area contributed by atoms with Gasteiger partial charge in [0.25, 0.3) is 5.91 Å². The summed E-state index contributed by atoms with van der Waals surface area (Å²) >= 11 is 0. The smallest absolute Gasteiger partial charge is 0.337 e. The van der Waals surface area contributed by atoms with Crippen molar-refractivity contribution in [1.82, 2.24) is 5.32 Å². The lowest BCUT2D eigenvalue weighted by molar-refractivity contribution is -0.122. The van der Waals surface area contributed by atoms with Crippen molar-refractivity contribution in [2.45, 2.75) is 25.8 Å². The molecule has 0 unspecified atom stereocenters. The van der Waals surface area contributed by atoms with Gasteiger partial charge in [-0.15, -0.1) is 0 Å². The van der Waals surface area contributed by atoms with Crippen molar-refractivity contribution < 1.29 is 23.9 Å². The van der Waals surface area contributed by atoms with Crippen LogP contribution in [0.1, 0.15) is 45.5 Å². The van der Waals surface area contributed by atoms with Crippen LogP contribution >= 0.6 is 0 Å². The Hall–Kier alpha value is -3.35. The number of rotatable bonds is 7. The predicted molar refractivity (Wildman–Crippen MR) is 108 cm³/mol. The molecule has 0 aliphatic heterocycles. The zero-order valence-corrected chi connectivity index (χ0v) is 16.5. The fourth-order valence-corrected chi connectivity index (χ4v) is 3.07. The molecule has 1 aliphatic rings. The van der Waals surface area contributed by atoms with Crippen LogP contribution in [0, 0.1) is 5.92 Å². The Kier molecular flexibility index (Phi) is 6.49. The van der Waals surface area contributed by atoms with Crippen LogP contribution in [0.15, 0.2) is 42.5 Å². The molecule has 0 aromatic heterocycles. The number of hydrogen-bond donors (Lipinski definition) is 2. The zero-order valence-electron chi connectivity index (χ0n) is 16.5. The van der Waals surface area contributed by atoms with E-state index < -0.39 is 5.97 Å². The highest BCUT2D eigenvalue weighted by molar-refractivity contribution is 5.96. The van der Waals surface area contributed by atoms with Gasteiger partial charge in [0.05, 0.1) is 19.8 Å². The lowest BCUT2D eigenvalue weighted by Crippen LogP contribution is -2.28. The quantitative estimate of drug-likeness (QED) is 0.701. The molecule has 29 heavy (non-hydrogen) atoms. The van der Waals surface area contributed by atoms with Crippen molar-refractivity contribution >= 4 is 23.5 Å². The standard InChI is InChI=1S/C22H24N2O5/c1-28-19-8-4-7-16(12-19)20(25)23-13-14-9-17(22(27)29-2)11-18(10-14)24-21(26)15-5-3-6-15/h4,7-12,15H,3,5-6,13H2,1-2H3,(H,23,25)(H,24,26). The summed E-state index contributed by atoms with van der Waals surface area (Å²) < 4.78 is 9.94. The van der Waals surface area contributed by atoms with Gasteiger partial charge in [-0.05, 0) is 54.8 Å². The Morgan fingerprint density at radius 3 is 2.48 bits per heavy atom. The molecule has 0 heterocycles. The topological polar surface area (TPSA) is 93.7 Å². The normalized spacial score (nSPS) is 13.2. The lowest BCUT2D eigenvalue weighted by Gasteiger charge is -2.24. The van der Waals surface area contributed by atoms with Gasteiger partial charge in [0, 0.05) is 23.7 Å². The molecule has 1 fully saturated rings. The maximum atomic E-state index is 12.4. The first kappa shape index (κ1) is 20.4. The van der Waals surface area contributed by atoms with Gasteiger partial charge in [0.1, 0.15) is 5.75 Å². The van der Waals surface area contributed by atoms with Gasteiger partial charge < -0.3 is 20.1 Å². The first-order valence-electron chi connectivity index (χ1n) is 9.45. The number of methoxy groups -OCH3 is 2. The largest absolute Gasteiger partial charge is 0.497 e. The molecule has 0 bridgehead atoms. The first-order chi connectivity index (χ1) is 14.0. The first-order valence-corrected chi connectivity index (χ1v) is 9.45. The number of ether oxygens (including phenoxy) is 2. The van der Waals surface area contributed by atoms with E-state index in [0.717, 1.165) is 19.3 Å². The highest BCUT2D eigenvalue weighted by Gasteiger charge is 2.25. The van der Waals surface area contributed by atoms with E-state index in [9.17, 15) is 14.4 Å². The summed E-state index contributed by atoms with van der Waals surface area (Å²) in [6, 6.07) is 11.8. The van der Waals surface area contributed by atoms with E-state index in [0.29, 0.717) is 28.1 Å². The fourth-order valence-electron chi connectivity index (χ4n) is 3.07. The third kappa shape index (κ3) is 5.13. The van der Waals surface area contributed by atoms with Gasteiger partial charge in [-0.1, -0.05) is 12.5 Å². The molecule has 1 aliphatic carbocycles. The Balaban J connectivity index is 1.74. The van der Waals surface area contributed by atoms with E-state index in [1.807, 2.05) is 0 Å². The summed E-state index contributed by atoms with van der Waals surface area (Å²) in [6.07, 6.45) is 2.82. The van der Waals surface area contributed by atoms with Crippen LogP contribution in [-0.4, -0.2) is 32.0 Å². The molecule has 3 rings (SSSR count). The number of benzene rings is 2. The molecule has 0 saturated heterocycles. The van der Waals surface area contributed by atoms with Crippen molar-refractivity contribution in [2.75, 3.05) is 19.5 Å². The number of hydrogen-bond acceptors (Lipinski definition) is 5. The number of carbonyl (C=O) groups excluding carboxylic acids is 3. The minimum atomic E-state index is -0.509. The van der Waals surface area contributed by atoms with Crippen LogP contribution in [0.3, 0.4) is 0 Å². The number of amides is 2. The SMILES string of the molecule is COC(=O)c1cc(CNC(=O)c2cccc(OC)c2)cc(NC(=O)C2CCC2)c1. The number of nitrogens with one attached hydrogen (secondary N) is 2. The Bertz CT molecular complexity index is 921. The van der Waals surface area contributed by atoms with Crippen molar-refractivity contribution in [1.29, 1.82) is 0 Å². The molecule has 2 aromatic carbocycles. The molecule has 0 spiro atoms. The molecular formula is C22H24N2O5. The van der Waals surface area contributed by atoms with E-state index in [1.165, 1.54) is 14.2 Å². The van der Waals surface area contributed by atoms with Gasteiger partial charge >= 0.3 is 5.97 Å². The van der Waals surface area contributed by atoms with Crippen LogP contribution in [0.2, 0.25) is 0 Å². The second-order valence-electron chi connectivity index (χ2n) is 6.94. The molecule has 2 aromatic rings. The second-order valence-corrected chi connectivity index (χ2v) is 6.94.